The second-order valence-corrected chi connectivity index (χ2v) is 6.32. The molecule has 1 atom stereocenters. The van der Waals surface area contributed by atoms with Crippen molar-refractivity contribution in [1.82, 2.24) is 4.90 Å². The van der Waals surface area contributed by atoms with Crippen LogP contribution in [0.1, 0.15) is 25.0 Å². The number of benzene rings is 2. The number of anilines is 1. The van der Waals surface area contributed by atoms with Crippen molar-refractivity contribution in [2.75, 3.05) is 26.6 Å². The van der Waals surface area contributed by atoms with E-state index in [-0.39, 0.29) is 11.9 Å². The average Bonchev–Trinajstić information content (AvgIpc) is 2.67. The topological polar surface area (TPSA) is 50.8 Å². The van der Waals surface area contributed by atoms with Gasteiger partial charge in [0.1, 0.15) is 0 Å². The maximum Gasteiger partial charge on any atom is 0.241 e. The smallest absolute Gasteiger partial charge is 0.241 e. The molecule has 0 spiro atoms. The Morgan fingerprint density at radius 1 is 1.04 bits per heavy atom. The summed E-state index contributed by atoms with van der Waals surface area (Å²) in [6.45, 7) is 4.64. The van der Waals surface area contributed by atoms with Gasteiger partial charge in [-0.15, -0.1) is 0 Å². The number of likely N-dealkylation sites (N-methyl/N-ethyl adjacent to an activating group) is 1. The average molecular weight is 356 g/mol. The van der Waals surface area contributed by atoms with Crippen LogP contribution in [-0.2, 0) is 17.8 Å². The van der Waals surface area contributed by atoms with Crippen LogP contribution < -0.4 is 14.8 Å². The highest BCUT2D eigenvalue weighted by atomic mass is 16.5. The molecule has 0 aliphatic rings. The molecule has 5 nitrogen and oxygen atoms in total. The molecule has 2 aromatic carbocycles. The Hall–Kier alpha value is -2.53. The van der Waals surface area contributed by atoms with E-state index < -0.39 is 0 Å². The van der Waals surface area contributed by atoms with Crippen LogP contribution in [0.4, 0.5) is 5.69 Å². The first-order valence-corrected chi connectivity index (χ1v) is 8.79. The molecule has 2 rings (SSSR count). The lowest BCUT2D eigenvalue weighted by Gasteiger charge is -2.24. The summed E-state index contributed by atoms with van der Waals surface area (Å²) in [5.41, 5.74) is 3.12. The van der Waals surface area contributed by atoms with Gasteiger partial charge in [0.05, 0.1) is 20.3 Å². The number of carbonyl (C=O) groups is 1. The summed E-state index contributed by atoms with van der Waals surface area (Å²) in [6.07, 6.45) is 0.985. The van der Waals surface area contributed by atoms with Crippen LogP contribution in [0, 0.1) is 0 Å². The SMILES string of the molecule is CCc1ccc(NC(=O)[C@@H](C)N(C)Cc2ccc(OC)c(OC)c2)cc1. The van der Waals surface area contributed by atoms with Gasteiger partial charge < -0.3 is 14.8 Å². The molecule has 0 aliphatic heterocycles. The summed E-state index contributed by atoms with van der Waals surface area (Å²) in [5.74, 6) is 1.35. The summed E-state index contributed by atoms with van der Waals surface area (Å²) in [5, 5.41) is 2.98. The van der Waals surface area contributed by atoms with Crippen molar-refractivity contribution in [2.45, 2.75) is 32.9 Å². The van der Waals surface area contributed by atoms with Gasteiger partial charge in [0.25, 0.3) is 0 Å². The van der Waals surface area contributed by atoms with Crippen LogP contribution in [0.15, 0.2) is 42.5 Å². The number of nitrogens with one attached hydrogen (secondary N) is 1. The standard InChI is InChI=1S/C21H28N2O3/c1-6-16-7-10-18(11-8-16)22-21(24)15(2)23(3)14-17-9-12-19(25-4)20(13-17)26-5/h7-13,15H,6,14H2,1-5H3,(H,22,24)/t15-/m1/s1. The Labute approximate surface area is 155 Å². The van der Waals surface area contributed by atoms with Crippen molar-refractivity contribution in [1.29, 1.82) is 0 Å². The summed E-state index contributed by atoms with van der Waals surface area (Å²) in [6, 6.07) is 13.5. The lowest BCUT2D eigenvalue weighted by atomic mass is 10.1. The van der Waals surface area contributed by atoms with Crippen LogP contribution in [0.25, 0.3) is 0 Å². The summed E-state index contributed by atoms with van der Waals surface area (Å²) in [7, 11) is 5.16. The zero-order valence-corrected chi connectivity index (χ0v) is 16.2. The lowest BCUT2D eigenvalue weighted by molar-refractivity contribution is -0.120. The Morgan fingerprint density at radius 3 is 2.23 bits per heavy atom. The van der Waals surface area contributed by atoms with Crippen LogP contribution in [-0.4, -0.2) is 38.1 Å². The predicted molar refractivity (Wildman–Crippen MR) is 105 cm³/mol. The van der Waals surface area contributed by atoms with E-state index in [9.17, 15) is 4.79 Å². The monoisotopic (exact) mass is 356 g/mol. The molecule has 0 saturated heterocycles. The molecule has 0 aromatic heterocycles. The summed E-state index contributed by atoms with van der Waals surface area (Å²) >= 11 is 0. The Morgan fingerprint density at radius 2 is 1.65 bits per heavy atom. The van der Waals surface area contributed by atoms with Crippen molar-refractivity contribution in [3.63, 3.8) is 0 Å². The van der Waals surface area contributed by atoms with E-state index in [1.54, 1.807) is 14.2 Å². The zero-order chi connectivity index (χ0) is 19.1. The lowest BCUT2D eigenvalue weighted by Crippen LogP contribution is -2.39. The van der Waals surface area contributed by atoms with E-state index >= 15 is 0 Å². The molecule has 2 aromatic rings. The normalized spacial score (nSPS) is 11.9. The van der Waals surface area contributed by atoms with E-state index in [4.69, 9.17) is 9.47 Å². The molecular formula is C21H28N2O3. The van der Waals surface area contributed by atoms with Gasteiger partial charge in [-0.05, 0) is 55.8 Å². The molecule has 0 radical (unpaired) electrons. The van der Waals surface area contributed by atoms with Crippen LogP contribution in [0.2, 0.25) is 0 Å². The first kappa shape index (κ1) is 19.8. The quantitative estimate of drug-likeness (QED) is 0.783. The molecule has 1 amide bonds. The highest BCUT2D eigenvalue weighted by Gasteiger charge is 2.19. The number of amides is 1. The molecule has 0 aliphatic carbocycles. The van der Waals surface area contributed by atoms with Gasteiger partial charge in [-0.2, -0.15) is 0 Å². The molecule has 1 N–H and O–H groups in total. The van der Waals surface area contributed by atoms with Gasteiger partial charge in [0.2, 0.25) is 5.91 Å². The minimum Gasteiger partial charge on any atom is -0.493 e. The van der Waals surface area contributed by atoms with Crippen molar-refractivity contribution in [3.05, 3.63) is 53.6 Å². The summed E-state index contributed by atoms with van der Waals surface area (Å²) in [4.78, 5) is 14.5. The Bertz CT molecular complexity index is 729. The molecule has 0 bridgehead atoms. The first-order valence-electron chi connectivity index (χ1n) is 8.79. The molecule has 0 unspecified atom stereocenters. The van der Waals surface area contributed by atoms with Crippen LogP contribution in [0.3, 0.4) is 0 Å². The highest BCUT2D eigenvalue weighted by molar-refractivity contribution is 5.94. The fraction of sp³-hybridized carbons (Fsp3) is 0.381. The van der Waals surface area contributed by atoms with Crippen molar-refractivity contribution in [3.8, 4) is 11.5 Å². The fourth-order valence-electron chi connectivity index (χ4n) is 2.67. The largest absolute Gasteiger partial charge is 0.493 e. The van der Waals surface area contributed by atoms with E-state index in [0.717, 1.165) is 17.7 Å². The van der Waals surface area contributed by atoms with Crippen LogP contribution >= 0.6 is 0 Å². The Kier molecular flexibility index (Phi) is 7.04. The molecular weight excluding hydrogens is 328 g/mol. The first-order chi connectivity index (χ1) is 12.5. The van der Waals surface area contributed by atoms with Crippen molar-refractivity contribution < 1.29 is 14.3 Å². The van der Waals surface area contributed by atoms with Gasteiger partial charge in [-0.1, -0.05) is 25.1 Å². The minimum atomic E-state index is -0.269. The van der Waals surface area contributed by atoms with Gasteiger partial charge in [0, 0.05) is 12.2 Å². The second-order valence-electron chi connectivity index (χ2n) is 6.32. The number of hydrogen-bond donors (Lipinski definition) is 1. The van der Waals surface area contributed by atoms with Gasteiger partial charge >= 0.3 is 0 Å². The Balaban J connectivity index is 1.99. The third-order valence-corrected chi connectivity index (χ3v) is 4.55. The second kappa shape index (κ2) is 9.25. The minimum absolute atomic E-state index is 0.0303. The molecule has 140 valence electrons. The van der Waals surface area contributed by atoms with Crippen molar-refractivity contribution in [2.24, 2.45) is 0 Å². The molecule has 26 heavy (non-hydrogen) atoms. The van der Waals surface area contributed by atoms with E-state index in [0.29, 0.717) is 18.0 Å². The van der Waals surface area contributed by atoms with E-state index in [1.807, 2.05) is 61.3 Å². The van der Waals surface area contributed by atoms with E-state index in [1.165, 1.54) is 5.56 Å². The number of methoxy groups -OCH3 is 2. The van der Waals surface area contributed by atoms with Gasteiger partial charge in [-0.25, -0.2) is 0 Å². The fourth-order valence-corrected chi connectivity index (χ4v) is 2.67. The number of hydrogen-bond acceptors (Lipinski definition) is 4. The maximum atomic E-state index is 12.5. The summed E-state index contributed by atoms with van der Waals surface area (Å²) < 4.78 is 10.6. The number of rotatable bonds is 8. The predicted octanol–water partition coefficient (Wildman–Crippen LogP) is 3.73. The number of carbonyl (C=O) groups excluding carboxylic acids is 1. The molecule has 5 heteroatoms. The molecule has 0 heterocycles. The number of nitrogens with zero attached hydrogens (tertiary/aromatic N) is 1. The third-order valence-electron chi connectivity index (χ3n) is 4.55. The van der Waals surface area contributed by atoms with Crippen LogP contribution in [0.5, 0.6) is 11.5 Å². The van der Waals surface area contributed by atoms with E-state index in [2.05, 4.69) is 12.2 Å². The number of aryl methyl sites for hydroxylation is 1. The van der Waals surface area contributed by atoms with Gasteiger partial charge in [0.15, 0.2) is 11.5 Å². The van der Waals surface area contributed by atoms with Gasteiger partial charge in [-0.3, -0.25) is 9.69 Å². The number of ether oxygens (including phenoxy) is 2. The maximum absolute atomic E-state index is 12.5. The van der Waals surface area contributed by atoms with Crippen molar-refractivity contribution >= 4 is 11.6 Å². The zero-order valence-electron chi connectivity index (χ0n) is 16.2. The third kappa shape index (κ3) is 4.99. The molecule has 0 fully saturated rings. The highest BCUT2D eigenvalue weighted by Crippen LogP contribution is 2.28. The molecule has 0 saturated carbocycles.